The first-order chi connectivity index (χ1) is 17.0. The molecule has 4 aromatic rings. The van der Waals surface area contributed by atoms with Gasteiger partial charge in [-0.05, 0) is 28.2 Å². The van der Waals surface area contributed by atoms with Crippen LogP contribution in [0.3, 0.4) is 0 Å². The van der Waals surface area contributed by atoms with Crippen LogP contribution >= 0.6 is 0 Å². The molecule has 1 aliphatic rings. The number of benzene rings is 4. The minimum atomic E-state index is -4.47. The zero-order valence-electron chi connectivity index (χ0n) is 18.4. The largest absolute Gasteiger partial charge is 0.317 e. The van der Waals surface area contributed by atoms with Crippen molar-refractivity contribution < 1.29 is 18.2 Å². The maximum Gasteiger partial charge on any atom is 0.289 e. The van der Waals surface area contributed by atoms with Crippen LogP contribution in [0.1, 0.15) is 23.5 Å². The summed E-state index contributed by atoms with van der Waals surface area (Å²) in [5.74, 6) is 0. The van der Waals surface area contributed by atoms with E-state index in [0.717, 1.165) is 15.7 Å². The molecule has 176 valence electrons. The lowest BCUT2D eigenvalue weighted by Crippen LogP contribution is -2.35. The standard InChI is InChI=1S/C26H21N3O5S/c30-28(31)23-18-10-11-19-24(23)35(32,33)29-25(20-12-4-1-5-13-20)27(22-16-8-3-9-17-22)26(34-29)21-14-6-2-7-15-21/h1-19,25-26H/t25-,26+/m1/s1. The molecule has 1 heterocycles. The van der Waals surface area contributed by atoms with Gasteiger partial charge in [0.2, 0.25) is 0 Å². The molecule has 0 aromatic heterocycles. The fourth-order valence-corrected chi connectivity index (χ4v) is 5.70. The molecule has 1 saturated heterocycles. The van der Waals surface area contributed by atoms with Crippen LogP contribution in [0.5, 0.6) is 0 Å². The van der Waals surface area contributed by atoms with Gasteiger partial charge in [-0.1, -0.05) is 91.0 Å². The fraction of sp³-hybridized carbons (Fsp3) is 0.0769. The lowest BCUT2D eigenvalue weighted by atomic mass is 10.1. The average molecular weight is 488 g/mol. The number of hydrogen-bond donors (Lipinski definition) is 0. The van der Waals surface area contributed by atoms with Crippen molar-refractivity contribution >= 4 is 21.4 Å². The van der Waals surface area contributed by atoms with Gasteiger partial charge < -0.3 is 4.90 Å². The predicted octanol–water partition coefficient (Wildman–Crippen LogP) is 5.43. The molecular weight excluding hydrogens is 466 g/mol. The van der Waals surface area contributed by atoms with Gasteiger partial charge in [0.15, 0.2) is 17.3 Å². The van der Waals surface area contributed by atoms with Gasteiger partial charge >= 0.3 is 0 Å². The second kappa shape index (κ2) is 9.30. The molecular formula is C26H21N3O5S. The molecule has 2 atom stereocenters. The van der Waals surface area contributed by atoms with Gasteiger partial charge in [0, 0.05) is 17.3 Å². The van der Waals surface area contributed by atoms with Crippen molar-refractivity contribution in [2.45, 2.75) is 17.3 Å². The average Bonchev–Trinajstić information content (AvgIpc) is 3.32. The number of anilines is 1. The minimum Gasteiger partial charge on any atom is -0.317 e. The van der Waals surface area contributed by atoms with E-state index in [4.69, 9.17) is 4.84 Å². The summed E-state index contributed by atoms with van der Waals surface area (Å²) in [5.41, 5.74) is 1.60. The van der Waals surface area contributed by atoms with Crippen LogP contribution in [0.25, 0.3) is 0 Å². The smallest absolute Gasteiger partial charge is 0.289 e. The molecule has 0 spiro atoms. The Morgan fingerprint density at radius 3 is 1.83 bits per heavy atom. The van der Waals surface area contributed by atoms with E-state index in [1.807, 2.05) is 83.8 Å². The molecule has 0 N–H and O–H groups in total. The first-order valence-electron chi connectivity index (χ1n) is 10.9. The lowest BCUT2D eigenvalue weighted by Gasteiger charge is -2.30. The highest BCUT2D eigenvalue weighted by Crippen LogP contribution is 2.48. The van der Waals surface area contributed by atoms with Gasteiger partial charge in [0.05, 0.1) is 4.92 Å². The first kappa shape index (κ1) is 22.7. The molecule has 5 rings (SSSR count). The number of sulfonamides is 1. The molecule has 0 amide bonds. The van der Waals surface area contributed by atoms with Crippen molar-refractivity contribution in [3.05, 3.63) is 137 Å². The Hall–Kier alpha value is -4.05. The Balaban J connectivity index is 1.73. The summed E-state index contributed by atoms with van der Waals surface area (Å²) in [4.78, 5) is 18.6. The van der Waals surface area contributed by atoms with Gasteiger partial charge in [0.25, 0.3) is 15.7 Å². The summed E-state index contributed by atoms with van der Waals surface area (Å²) < 4.78 is 28.8. The van der Waals surface area contributed by atoms with E-state index >= 15 is 0 Å². The molecule has 0 radical (unpaired) electrons. The Labute approximate surface area is 202 Å². The van der Waals surface area contributed by atoms with Crippen LogP contribution in [0.15, 0.2) is 120 Å². The number of hydroxylamine groups is 1. The number of para-hydroxylation sites is 2. The molecule has 9 heteroatoms. The predicted molar refractivity (Wildman–Crippen MR) is 130 cm³/mol. The van der Waals surface area contributed by atoms with E-state index in [9.17, 15) is 18.5 Å². The molecule has 1 fully saturated rings. The quantitative estimate of drug-likeness (QED) is 0.266. The van der Waals surface area contributed by atoms with E-state index in [-0.39, 0.29) is 0 Å². The van der Waals surface area contributed by atoms with Crippen molar-refractivity contribution in [3.63, 3.8) is 0 Å². The Morgan fingerprint density at radius 1 is 0.714 bits per heavy atom. The van der Waals surface area contributed by atoms with Gasteiger partial charge in [-0.25, -0.2) is 8.42 Å². The van der Waals surface area contributed by atoms with Gasteiger partial charge in [-0.3, -0.25) is 15.0 Å². The number of rotatable bonds is 6. The summed E-state index contributed by atoms with van der Waals surface area (Å²) in [7, 11) is -4.47. The van der Waals surface area contributed by atoms with E-state index in [2.05, 4.69) is 0 Å². The number of nitro groups is 1. The van der Waals surface area contributed by atoms with Crippen molar-refractivity contribution in [3.8, 4) is 0 Å². The molecule has 4 aromatic carbocycles. The summed E-state index contributed by atoms with van der Waals surface area (Å²) >= 11 is 0. The highest BCUT2D eigenvalue weighted by molar-refractivity contribution is 7.89. The summed E-state index contributed by atoms with van der Waals surface area (Å²) in [6.07, 6.45) is -1.73. The second-order valence-corrected chi connectivity index (χ2v) is 9.63. The number of nitrogens with zero attached hydrogens (tertiary/aromatic N) is 3. The molecule has 0 aliphatic carbocycles. The Morgan fingerprint density at radius 2 is 1.23 bits per heavy atom. The van der Waals surface area contributed by atoms with Gasteiger partial charge in [-0.2, -0.15) is 0 Å². The third-order valence-corrected chi connectivity index (χ3v) is 7.39. The lowest BCUT2D eigenvalue weighted by molar-refractivity contribution is -0.387. The number of hydrogen-bond acceptors (Lipinski definition) is 6. The highest BCUT2D eigenvalue weighted by Gasteiger charge is 2.50. The first-order valence-corrected chi connectivity index (χ1v) is 12.3. The maximum absolute atomic E-state index is 14.0. The molecule has 0 saturated carbocycles. The molecule has 35 heavy (non-hydrogen) atoms. The van der Waals surface area contributed by atoms with E-state index in [1.165, 1.54) is 24.3 Å². The van der Waals surface area contributed by atoms with Crippen molar-refractivity contribution in [1.29, 1.82) is 0 Å². The highest BCUT2D eigenvalue weighted by atomic mass is 32.2. The monoisotopic (exact) mass is 487 g/mol. The summed E-state index contributed by atoms with van der Waals surface area (Å²) in [6, 6.07) is 32.9. The van der Waals surface area contributed by atoms with Crippen molar-refractivity contribution in [1.82, 2.24) is 4.47 Å². The fourth-order valence-electron chi connectivity index (χ4n) is 4.17. The van der Waals surface area contributed by atoms with Crippen molar-refractivity contribution in [2.75, 3.05) is 4.90 Å². The Bertz CT molecular complexity index is 1430. The topological polar surface area (TPSA) is 93.0 Å². The molecule has 0 bridgehead atoms. The van der Waals surface area contributed by atoms with Gasteiger partial charge in [-0.15, -0.1) is 0 Å². The second-order valence-electron chi connectivity index (χ2n) is 7.88. The third kappa shape index (κ3) is 4.17. The molecule has 8 nitrogen and oxygen atoms in total. The van der Waals surface area contributed by atoms with Crippen LogP contribution < -0.4 is 4.90 Å². The summed E-state index contributed by atoms with van der Waals surface area (Å²) in [6.45, 7) is 0. The van der Waals surface area contributed by atoms with Crippen LogP contribution in [0.2, 0.25) is 0 Å². The van der Waals surface area contributed by atoms with Crippen LogP contribution in [-0.4, -0.2) is 17.8 Å². The van der Waals surface area contributed by atoms with Crippen LogP contribution in [0.4, 0.5) is 11.4 Å². The number of nitro benzene ring substituents is 1. The van der Waals surface area contributed by atoms with Crippen LogP contribution in [-0.2, 0) is 14.9 Å². The van der Waals surface area contributed by atoms with Crippen molar-refractivity contribution in [2.24, 2.45) is 0 Å². The minimum absolute atomic E-state index is 0.437. The Kier molecular flexibility index (Phi) is 6.04. The SMILES string of the molecule is O=[N+]([O-])c1ccccc1S(=O)(=O)N1O[C@@H](c2ccccc2)N(c2ccccc2)[C@H]1c1ccccc1. The van der Waals surface area contributed by atoms with Crippen LogP contribution in [0, 0.1) is 10.1 Å². The normalized spacial score (nSPS) is 18.5. The molecule has 1 aliphatic heterocycles. The van der Waals surface area contributed by atoms with E-state index in [1.54, 1.807) is 12.1 Å². The summed E-state index contributed by atoms with van der Waals surface area (Å²) in [5, 5.41) is 11.7. The van der Waals surface area contributed by atoms with E-state index < -0.39 is 37.9 Å². The van der Waals surface area contributed by atoms with E-state index in [0.29, 0.717) is 5.56 Å². The zero-order valence-corrected chi connectivity index (χ0v) is 19.2. The maximum atomic E-state index is 14.0. The molecule has 0 unspecified atom stereocenters. The zero-order chi connectivity index (χ0) is 24.4. The van der Waals surface area contributed by atoms with Gasteiger partial charge in [0.1, 0.15) is 0 Å². The third-order valence-electron chi connectivity index (χ3n) is 5.73.